The summed E-state index contributed by atoms with van der Waals surface area (Å²) in [4.78, 5) is 9.16. The number of nitrogens with one attached hydrogen (secondary N) is 2. The van der Waals surface area contributed by atoms with Gasteiger partial charge in [0.1, 0.15) is 0 Å². The van der Waals surface area contributed by atoms with E-state index in [0.29, 0.717) is 23.9 Å². The molecule has 3 heterocycles. The third-order valence-electron chi connectivity index (χ3n) is 7.99. The minimum atomic E-state index is -3.91. The zero-order valence-electron chi connectivity index (χ0n) is 25.4. The molecule has 10 heteroatoms. The average molecular weight is 634 g/mol. The molecule has 0 amide bonds. The molecule has 0 spiro atoms. The van der Waals surface area contributed by atoms with Crippen LogP contribution in [0, 0.1) is 0 Å². The second-order valence-corrected chi connectivity index (χ2v) is 14.0. The molecule has 2 aromatic heterocycles. The predicted molar refractivity (Wildman–Crippen MR) is 179 cm³/mol. The summed E-state index contributed by atoms with van der Waals surface area (Å²) in [6, 6.07) is 16.7. The van der Waals surface area contributed by atoms with Crippen LogP contribution in [0.25, 0.3) is 0 Å². The van der Waals surface area contributed by atoms with Crippen molar-refractivity contribution in [1.82, 2.24) is 15.3 Å². The van der Waals surface area contributed by atoms with Crippen LogP contribution in [0.1, 0.15) is 73.9 Å². The third kappa shape index (κ3) is 8.24. The number of aromatic nitrogens is 2. The van der Waals surface area contributed by atoms with Crippen LogP contribution in [0.3, 0.4) is 0 Å². The van der Waals surface area contributed by atoms with E-state index in [0.717, 1.165) is 66.7 Å². The van der Waals surface area contributed by atoms with Gasteiger partial charge in [0.15, 0.2) is 0 Å². The van der Waals surface area contributed by atoms with Gasteiger partial charge in [0.25, 0.3) is 10.0 Å². The zero-order chi connectivity index (χ0) is 30.8. The smallest absolute Gasteiger partial charge is 0.270 e. The van der Waals surface area contributed by atoms with Crippen LogP contribution < -0.4 is 14.9 Å². The molecule has 4 aromatic rings. The standard InChI is InChI=1S/C34H43N5O3S2/c1-2-3-4-5-6-7-10-29-25-43-34(38-29)39(44(41,42)31-15-16-32-27(22-31)18-21-37-32)30-13-11-26(12-14-30)17-20-36-24-33(40)28-9-8-19-35-23-28/h8-9,11-16,19,22-23,25,33,36-37,40H,2-7,10,17-18,20-21,24H2,1H3/t33-/m0/s1. The van der Waals surface area contributed by atoms with Crippen molar-refractivity contribution < 1.29 is 13.5 Å². The van der Waals surface area contributed by atoms with E-state index in [1.54, 1.807) is 24.5 Å². The number of hydrogen-bond acceptors (Lipinski definition) is 8. The lowest BCUT2D eigenvalue weighted by atomic mass is 10.1. The Bertz CT molecular complexity index is 1580. The molecule has 0 unspecified atom stereocenters. The van der Waals surface area contributed by atoms with Crippen molar-refractivity contribution in [3.63, 3.8) is 0 Å². The number of anilines is 3. The van der Waals surface area contributed by atoms with Crippen molar-refractivity contribution in [3.8, 4) is 0 Å². The van der Waals surface area contributed by atoms with Gasteiger partial charge in [-0.25, -0.2) is 17.7 Å². The summed E-state index contributed by atoms with van der Waals surface area (Å²) in [5, 5.41) is 19.4. The Kier molecular flexibility index (Phi) is 11.4. The summed E-state index contributed by atoms with van der Waals surface area (Å²) in [5.41, 5.74) is 5.37. The maximum atomic E-state index is 14.2. The normalized spacial score (nSPS) is 13.4. The lowest BCUT2D eigenvalue weighted by Crippen LogP contribution is -2.26. The van der Waals surface area contributed by atoms with Crippen LogP contribution in [-0.4, -0.2) is 43.1 Å². The van der Waals surface area contributed by atoms with Crippen molar-refractivity contribution in [2.45, 2.75) is 75.7 Å². The Morgan fingerprint density at radius 3 is 2.66 bits per heavy atom. The Balaban J connectivity index is 1.29. The molecule has 0 bridgehead atoms. The number of aliphatic hydroxyl groups is 1. The molecule has 0 aliphatic carbocycles. The van der Waals surface area contributed by atoms with Gasteiger partial charge in [-0.15, -0.1) is 11.3 Å². The molecular weight excluding hydrogens is 591 g/mol. The van der Waals surface area contributed by atoms with Crippen molar-refractivity contribution in [3.05, 3.63) is 94.8 Å². The average Bonchev–Trinajstić information content (AvgIpc) is 3.71. The Morgan fingerprint density at radius 1 is 1.05 bits per heavy atom. The van der Waals surface area contributed by atoms with E-state index in [-0.39, 0.29) is 4.90 Å². The molecular formula is C34H43N5O3S2. The fraction of sp³-hybridized carbons (Fsp3) is 0.412. The van der Waals surface area contributed by atoms with E-state index >= 15 is 0 Å². The first kappa shape index (κ1) is 32.1. The molecule has 234 valence electrons. The van der Waals surface area contributed by atoms with E-state index in [1.807, 2.05) is 47.8 Å². The second-order valence-electron chi connectivity index (χ2n) is 11.3. The maximum Gasteiger partial charge on any atom is 0.270 e. The van der Waals surface area contributed by atoms with E-state index in [4.69, 9.17) is 4.98 Å². The first-order valence-corrected chi connectivity index (χ1v) is 18.0. The van der Waals surface area contributed by atoms with E-state index in [2.05, 4.69) is 22.5 Å². The zero-order valence-corrected chi connectivity index (χ0v) is 27.0. The number of aryl methyl sites for hydroxylation is 1. The van der Waals surface area contributed by atoms with E-state index in [1.165, 1.54) is 41.3 Å². The van der Waals surface area contributed by atoms with E-state index < -0.39 is 16.1 Å². The number of pyridine rings is 1. The number of nitrogens with zero attached hydrogens (tertiary/aromatic N) is 3. The van der Waals surface area contributed by atoms with Crippen LogP contribution in [0.15, 0.2) is 77.3 Å². The molecule has 1 aliphatic heterocycles. The third-order valence-corrected chi connectivity index (χ3v) is 10.7. The Labute approximate surface area is 265 Å². The number of rotatable bonds is 17. The highest BCUT2D eigenvalue weighted by atomic mass is 32.2. The van der Waals surface area contributed by atoms with Gasteiger partial charge < -0.3 is 15.7 Å². The van der Waals surface area contributed by atoms with Gasteiger partial charge >= 0.3 is 0 Å². The summed E-state index contributed by atoms with van der Waals surface area (Å²) >= 11 is 1.38. The first-order valence-electron chi connectivity index (χ1n) is 15.7. The molecule has 0 radical (unpaired) electrons. The SMILES string of the molecule is CCCCCCCCc1csc(N(c2ccc(CCNC[C@H](O)c3cccnc3)cc2)S(=O)(=O)c2ccc3c(c2)CCN3)n1. The second kappa shape index (κ2) is 15.6. The Hall–Kier alpha value is -3.31. The molecule has 0 fully saturated rings. The quantitative estimate of drug-likeness (QED) is 0.110. The molecule has 2 aromatic carbocycles. The number of thiazole rings is 1. The largest absolute Gasteiger partial charge is 0.387 e. The lowest BCUT2D eigenvalue weighted by molar-refractivity contribution is 0.174. The number of fused-ring (bicyclic) bond motifs is 1. The summed E-state index contributed by atoms with van der Waals surface area (Å²) < 4.78 is 29.8. The fourth-order valence-electron chi connectivity index (χ4n) is 5.45. The van der Waals surface area contributed by atoms with Gasteiger partial charge in [0, 0.05) is 42.1 Å². The van der Waals surface area contributed by atoms with Gasteiger partial charge in [-0.1, -0.05) is 57.2 Å². The molecule has 1 atom stereocenters. The highest BCUT2D eigenvalue weighted by Gasteiger charge is 2.30. The molecule has 1 aliphatic rings. The predicted octanol–water partition coefficient (Wildman–Crippen LogP) is 6.80. The van der Waals surface area contributed by atoms with Gasteiger partial charge in [-0.3, -0.25) is 4.98 Å². The molecule has 0 saturated heterocycles. The lowest BCUT2D eigenvalue weighted by Gasteiger charge is -2.22. The molecule has 0 saturated carbocycles. The van der Waals surface area contributed by atoms with Gasteiger partial charge in [0.05, 0.1) is 22.4 Å². The number of aliphatic hydroxyl groups excluding tert-OH is 1. The van der Waals surface area contributed by atoms with Crippen LogP contribution in [0.4, 0.5) is 16.5 Å². The van der Waals surface area contributed by atoms with Crippen molar-refractivity contribution in [2.24, 2.45) is 0 Å². The number of unbranched alkanes of at least 4 members (excludes halogenated alkanes) is 5. The van der Waals surface area contributed by atoms with Crippen LogP contribution in [0.5, 0.6) is 0 Å². The number of benzene rings is 2. The monoisotopic (exact) mass is 633 g/mol. The highest BCUT2D eigenvalue weighted by molar-refractivity contribution is 7.93. The van der Waals surface area contributed by atoms with Gasteiger partial charge in [0.2, 0.25) is 5.13 Å². The maximum absolute atomic E-state index is 14.2. The highest BCUT2D eigenvalue weighted by Crippen LogP contribution is 2.36. The summed E-state index contributed by atoms with van der Waals surface area (Å²) in [6.45, 7) is 4.14. The van der Waals surface area contributed by atoms with Crippen molar-refractivity contribution in [2.75, 3.05) is 29.3 Å². The summed E-state index contributed by atoms with van der Waals surface area (Å²) in [5.74, 6) is 0. The van der Waals surface area contributed by atoms with Crippen molar-refractivity contribution >= 4 is 37.9 Å². The molecule has 5 rings (SSSR count). The van der Waals surface area contributed by atoms with Crippen LogP contribution in [-0.2, 0) is 29.3 Å². The number of hydrogen-bond donors (Lipinski definition) is 3. The molecule has 44 heavy (non-hydrogen) atoms. The topological polar surface area (TPSA) is 107 Å². The van der Waals surface area contributed by atoms with E-state index in [9.17, 15) is 13.5 Å². The van der Waals surface area contributed by atoms with Crippen LogP contribution in [0.2, 0.25) is 0 Å². The molecule has 3 N–H and O–H groups in total. The fourth-order valence-corrected chi connectivity index (χ4v) is 8.04. The summed E-state index contributed by atoms with van der Waals surface area (Å²) in [7, 11) is -3.91. The minimum absolute atomic E-state index is 0.271. The minimum Gasteiger partial charge on any atom is -0.387 e. The van der Waals surface area contributed by atoms with Gasteiger partial charge in [-0.05, 0) is 79.8 Å². The van der Waals surface area contributed by atoms with Crippen LogP contribution >= 0.6 is 11.3 Å². The Morgan fingerprint density at radius 2 is 1.86 bits per heavy atom. The number of sulfonamides is 1. The van der Waals surface area contributed by atoms with Crippen molar-refractivity contribution in [1.29, 1.82) is 0 Å². The molecule has 8 nitrogen and oxygen atoms in total. The van der Waals surface area contributed by atoms with Gasteiger partial charge in [-0.2, -0.15) is 0 Å². The summed E-state index contributed by atoms with van der Waals surface area (Å²) in [6.07, 6.45) is 12.4. The first-order chi connectivity index (χ1) is 21.5.